The van der Waals surface area contributed by atoms with Gasteiger partial charge in [-0.05, 0) is 37.3 Å². The van der Waals surface area contributed by atoms with Crippen molar-refractivity contribution in [1.82, 2.24) is 0 Å². The van der Waals surface area contributed by atoms with Crippen LogP contribution in [-0.4, -0.2) is 38.8 Å². The third kappa shape index (κ3) is 5.29. The van der Waals surface area contributed by atoms with Crippen LogP contribution < -0.4 is 4.90 Å². The van der Waals surface area contributed by atoms with Crippen LogP contribution >= 0.6 is 0 Å². The minimum absolute atomic E-state index is 0.124. The van der Waals surface area contributed by atoms with E-state index in [1.807, 2.05) is 18.2 Å². The van der Waals surface area contributed by atoms with E-state index in [1.54, 1.807) is 32.2 Å². The summed E-state index contributed by atoms with van der Waals surface area (Å²) in [5, 5.41) is 8.02. The first-order chi connectivity index (χ1) is 13.5. The van der Waals surface area contributed by atoms with E-state index >= 15 is 0 Å². The first kappa shape index (κ1) is 20.9. The van der Waals surface area contributed by atoms with Gasteiger partial charge in [-0.15, -0.1) is 0 Å². The number of carbonyl (C=O) groups is 1. The van der Waals surface area contributed by atoms with Gasteiger partial charge < -0.3 is 14.4 Å². The van der Waals surface area contributed by atoms with Gasteiger partial charge in [-0.3, -0.25) is 4.90 Å². The van der Waals surface area contributed by atoms with Gasteiger partial charge in [0.15, 0.2) is 0 Å². The van der Waals surface area contributed by atoms with Gasteiger partial charge in [0.1, 0.15) is 31.0 Å². The fourth-order valence-electron chi connectivity index (χ4n) is 2.46. The third-order valence-corrected chi connectivity index (χ3v) is 3.87. The summed E-state index contributed by atoms with van der Waals surface area (Å²) in [6, 6.07) is 13.1. The molecule has 0 aliphatic heterocycles. The van der Waals surface area contributed by atoms with Crippen LogP contribution in [0.2, 0.25) is 0 Å². The molecule has 2 aromatic carbocycles. The molecule has 0 saturated heterocycles. The molecular formula is C20H22FN3O4. The Morgan fingerprint density at radius 1 is 1.07 bits per heavy atom. The van der Waals surface area contributed by atoms with Crippen molar-refractivity contribution in [2.24, 2.45) is 10.3 Å². The highest BCUT2D eigenvalue weighted by Gasteiger charge is 2.15. The van der Waals surface area contributed by atoms with Gasteiger partial charge in [0.25, 0.3) is 0 Å². The lowest BCUT2D eigenvalue weighted by Gasteiger charge is -2.18. The molecule has 0 atom stereocenters. The molecule has 0 heterocycles. The second kappa shape index (κ2) is 10.1. The molecule has 148 valence electrons. The van der Waals surface area contributed by atoms with Crippen LogP contribution in [0.4, 0.5) is 14.9 Å². The number of oxime groups is 2. The Labute approximate surface area is 163 Å². The van der Waals surface area contributed by atoms with Crippen molar-refractivity contribution in [2.75, 3.05) is 26.2 Å². The Morgan fingerprint density at radius 2 is 1.75 bits per heavy atom. The normalized spacial score (nSPS) is 11.8. The number of hydrogen-bond donors (Lipinski definition) is 0. The molecular weight excluding hydrogens is 365 g/mol. The van der Waals surface area contributed by atoms with E-state index in [-0.39, 0.29) is 12.4 Å². The van der Waals surface area contributed by atoms with Crippen LogP contribution in [0.15, 0.2) is 58.8 Å². The summed E-state index contributed by atoms with van der Waals surface area (Å²) < 4.78 is 17.9. The van der Waals surface area contributed by atoms with Crippen LogP contribution in [0.3, 0.4) is 0 Å². The van der Waals surface area contributed by atoms with Crippen LogP contribution in [-0.2, 0) is 21.0 Å². The summed E-state index contributed by atoms with van der Waals surface area (Å²) in [6.07, 6.45) is -0.488. The van der Waals surface area contributed by atoms with Gasteiger partial charge in [0.05, 0.1) is 12.8 Å². The van der Waals surface area contributed by atoms with E-state index in [4.69, 9.17) is 14.4 Å². The maximum Gasteiger partial charge on any atom is 0.413 e. The molecule has 2 aromatic rings. The average molecular weight is 387 g/mol. The largest absolute Gasteiger partial charge is 0.452 e. The molecule has 0 unspecified atom stereocenters. The van der Waals surface area contributed by atoms with Crippen LogP contribution in [0.1, 0.15) is 18.1 Å². The molecule has 0 saturated carbocycles. The minimum atomic E-state index is -0.488. The first-order valence-corrected chi connectivity index (χ1v) is 8.41. The number of amides is 1. The molecule has 0 fully saturated rings. The van der Waals surface area contributed by atoms with Gasteiger partial charge in [-0.2, -0.15) is 0 Å². The molecule has 0 radical (unpaired) electrons. The van der Waals surface area contributed by atoms with Crippen molar-refractivity contribution in [3.8, 4) is 0 Å². The maximum atomic E-state index is 13.1. The number of anilines is 1. The van der Waals surface area contributed by atoms with Crippen molar-refractivity contribution >= 4 is 23.2 Å². The summed E-state index contributed by atoms with van der Waals surface area (Å²) >= 11 is 0. The lowest BCUT2D eigenvalue weighted by atomic mass is 10.1. The van der Waals surface area contributed by atoms with Crippen LogP contribution in [0, 0.1) is 5.82 Å². The molecule has 28 heavy (non-hydrogen) atoms. The summed E-state index contributed by atoms with van der Waals surface area (Å²) in [7, 11) is 4.34. The van der Waals surface area contributed by atoms with Crippen molar-refractivity contribution in [1.29, 1.82) is 0 Å². The maximum absolute atomic E-state index is 13.1. The standard InChI is InChI=1S/C20H22FN3O4/c1-14(19(23-27-4)15-9-11-17(21)12-10-15)22-28-13-16-7-5-6-8-18(16)24(2)20(25)26-3/h5-12H,13H2,1-4H3/b22-14?,23-19+. The highest BCUT2D eigenvalue weighted by molar-refractivity contribution is 6.47. The second-order valence-electron chi connectivity index (χ2n) is 5.74. The number of carbonyl (C=O) groups excluding carboxylic acids is 1. The SMILES string of the molecule is CO/N=C(\C(C)=NOCc1ccccc1N(C)C(=O)OC)c1ccc(F)cc1. The predicted octanol–water partition coefficient (Wildman–Crippen LogP) is 3.97. The predicted molar refractivity (Wildman–Crippen MR) is 105 cm³/mol. The molecule has 0 aliphatic rings. The molecule has 8 heteroatoms. The lowest BCUT2D eigenvalue weighted by Crippen LogP contribution is -2.26. The number of rotatable bonds is 7. The van der Waals surface area contributed by atoms with Gasteiger partial charge in [-0.1, -0.05) is 28.5 Å². The average Bonchev–Trinajstić information content (AvgIpc) is 2.72. The summed E-state index contributed by atoms with van der Waals surface area (Å²) in [4.78, 5) is 23.5. The number of methoxy groups -OCH3 is 1. The number of nitrogens with zero attached hydrogens (tertiary/aromatic N) is 3. The molecule has 0 spiro atoms. The smallest absolute Gasteiger partial charge is 0.413 e. The molecule has 1 amide bonds. The highest BCUT2D eigenvalue weighted by atomic mass is 19.1. The Hall–Kier alpha value is -3.42. The third-order valence-electron chi connectivity index (χ3n) is 3.87. The molecule has 2 rings (SSSR count). The Morgan fingerprint density at radius 3 is 2.39 bits per heavy atom. The quantitative estimate of drug-likeness (QED) is 0.532. The fraction of sp³-hybridized carbons (Fsp3) is 0.250. The zero-order valence-corrected chi connectivity index (χ0v) is 16.2. The second-order valence-corrected chi connectivity index (χ2v) is 5.74. The number of halogens is 1. The van der Waals surface area contributed by atoms with Crippen molar-refractivity contribution in [3.05, 3.63) is 65.5 Å². The van der Waals surface area contributed by atoms with Crippen LogP contribution in [0.5, 0.6) is 0 Å². The Bertz CT molecular complexity index is 866. The number of benzene rings is 2. The van der Waals surface area contributed by atoms with Gasteiger partial charge in [-0.25, -0.2) is 9.18 Å². The van der Waals surface area contributed by atoms with Gasteiger partial charge in [0, 0.05) is 18.2 Å². The van der Waals surface area contributed by atoms with Gasteiger partial charge in [0.2, 0.25) is 0 Å². The van der Waals surface area contributed by atoms with E-state index in [0.717, 1.165) is 5.56 Å². The summed E-state index contributed by atoms with van der Waals surface area (Å²) in [5.74, 6) is -0.349. The van der Waals surface area contributed by atoms with E-state index < -0.39 is 6.09 Å². The molecule has 0 aromatic heterocycles. The van der Waals surface area contributed by atoms with Crippen molar-refractivity contribution < 1.29 is 23.6 Å². The van der Waals surface area contributed by atoms with E-state index in [1.165, 1.54) is 31.3 Å². The summed E-state index contributed by atoms with van der Waals surface area (Å²) in [6.45, 7) is 1.83. The van der Waals surface area contributed by atoms with Crippen molar-refractivity contribution in [3.63, 3.8) is 0 Å². The monoisotopic (exact) mass is 387 g/mol. The number of hydrogen-bond acceptors (Lipinski definition) is 6. The zero-order chi connectivity index (χ0) is 20.5. The van der Waals surface area contributed by atoms with E-state index in [0.29, 0.717) is 22.7 Å². The minimum Gasteiger partial charge on any atom is -0.452 e. The van der Waals surface area contributed by atoms with Gasteiger partial charge >= 0.3 is 6.09 Å². The summed E-state index contributed by atoms with van der Waals surface area (Å²) in [5.41, 5.74) is 2.90. The zero-order valence-electron chi connectivity index (χ0n) is 16.2. The van der Waals surface area contributed by atoms with E-state index in [2.05, 4.69) is 10.3 Å². The number of ether oxygens (including phenoxy) is 1. The Kier molecular flexibility index (Phi) is 7.50. The highest BCUT2D eigenvalue weighted by Crippen LogP contribution is 2.21. The van der Waals surface area contributed by atoms with Crippen LogP contribution in [0.25, 0.3) is 0 Å². The number of para-hydroxylation sites is 1. The van der Waals surface area contributed by atoms with E-state index in [9.17, 15) is 9.18 Å². The first-order valence-electron chi connectivity index (χ1n) is 8.41. The fourth-order valence-corrected chi connectivity index (χ4v) is 2.46. The van der Waals surface area contributed by atoms with Crippen molar-refractivity contribution in [2.45, 2.75) is 13.5 Å². The Balaban J connectivity index is 2.16. The molecule has 0 N–H and O–H groups in total. The lowest BCUT2D eigenvalue weighted by molar-refractivity contribution is 0.131. The molecule has 0 aliphatic carbocycles. The molecule has 7 nitrogen and oxygen atoms in total. The molecule has 0 bridgehead atoms. The topological polar surface area (TPSA) is 72.7 Å².